The second-order valence-electron chi connectivity index (χ2n) is 6.83. The van der Waals surface area contributed by atoms with Crippen molar-refractivity contribution in [3.05, 3.63) is 48.6 Å². The molecule has 0 saturated heterocycles. The fourth-order valence-electron chi connectivity index (χ4n) is 3.04. The lowest BCUT2D eigenvalue weighted by Gasteiger charge is -2.22. The van der Waals surface area contributed by atoms with Crippen LogP contribution in [-0.2, 0) is 14.3 Å². The average Bonchev–Trinajstić information content (AvgIpc) is 2.70. The molecule has 1 atom stereocenters. The SMILES string of the molecule is C=CCOc1ccc(/C=C/C(=O)O[C@@H](C)C(=O)NCC2CCCCC2)cc1. The standard InChI is InChI=1S/C22H29NO4/c1-3-15-26-20-12-9-18(10-13-20)11-14-21(24)27-17(2)22(25)23-16-19-7-5-4-6-8-19/h3,9-14,17,19H,1,4-8,15-16H2,2H3,(H,23,25)/b14-11+/t17-/m0/s1. The van der Waals surface area contributed by atoms with E-state index in [-0.39, 0.29) is 5.91 Å². The molecular formula is C22H29NO4. The lowest BCUT2D eigenvalue weighted by molar-refractivity contribution is -0.150. The van der Waals surface area contributed by atoms with Gasteiger partial charge in [-0.3, -0.25) is 4.79 Å². The first kappa shape index (κ1) is 20.7. The van der Waals surface area contributed by atoms with E-state index >= 15 is 0 Å². The molecule has 1 aliphatic rings. The fourth-order valence-corrected chi connectivity index (χ4v) is 3.04. The van der Waals surface area contributed by atoms with Crippen molar-refractivity contribution in [1.82, 2.24) is 5.32 Å². The molecule has 2 rings (SSSR count). The van der Waals surface area contributed by atoms with Crippen LogP contribution in [-0.4, -0.2) is 31.1 Å². The number of hydrogen-bond acceptors (Lipinski definition) is 4. The number of ether oxygens (including phenoxy) is 2. The Balaban J connectivity index is 1.73. The highest BCUT2D eigenvalue weighted by Crippen LogP contribution is 2.22. The Morgan fingerprint density at radius 3 is 2.59 bits per heavy atom. The van der Waals surface area contributed by atoms with Gasteiger partial charge in [-0.1, -0.05) is 44.1 Å². The summed E-state index contributed by atoms with van der Waals surface area (Å²) in [7, 11) is 0. The zero-order valence-corrected chi connectivity index (χ0v) is 16.0. The Morgan fingerprint density at radius 1 is 1.22 bits per heavy atom. The molecule has 1 aromatic carbocycles. The van der Waals surface area contributed by atoms with Crippen LogP contribution in [0.5, 0.6) is 5.75 Å². The monoisotopic (exact) mass is 371 g/mol. The van der Waals surface area contributed by atoms with Crippen LogP contribution < -0.4 is 10.1 Å². The zero-order chi connectivity index (χ0) is 19.5. The summed E-state index contributed by atoms with van der Waals surface area (Å²) in [5.74, 6) is 0.496. The lowest BCUT2D eigenvalue weighted by atomic mass is 9.89. The minimum absolute atomic E-state index is 0.244. The minimum Gasteiger partial charge on any atom is -0.490 e. The van der Waals surface area contributed by atoms with Crippen LogP contribution in [0.1, 0.15) is 44.6 Å². The molecule has 0 bridgehead atoms. The molecule has 0 unspecified atom stereocenters. The molecule has 27 heavy (non-hydrogen) atoms. The molecule has 0 aliphatic heterocycles. The molecular weight excluding hydrogens is 342 g/mol. The van der Waals surface area contributed by atoms with E-state index in [2.05, 4.69) is 11.9 Å². The van der Waals surface area contributed by atoms with Gasteiger partial charge in [-0.25, -0.2) is 4.79 Å². The lowest BCUT2D eigenvalue weighted by Crippen LogP contribution is -2.38. The molecule has 5 nitrogen and oxygen atoms in total. The van der Waals surface area contributed by atoms with Gasteiger partial charge in [0, 0.05) is 12.6 Å². The zero-order valence-electron chi connectivity index (χ0n) is 16.0. The van der Waals surface area contributed by atoms with Crippen LogP contribution in [0, 0.1) is 5.92 Å². The molecule has 1 amide bonds. The van der Waals surface area contributed by atoms with Crippen LogP contribution in [0.4, 0.5) is 0 Å². The van der Waals surface area contributed by atoms with Gasteiger partial charge in [0.1, 0.15) is 12.4 Å². The predicted octanol–water partition coefficient (Wildman–Crippen LogP) is 3.89. The van der Waals surface area contributed by atoms with Crippen molar-refractivity contribution >= 4 is 18.0 Å². The van der Waals surface area contributed by atoms with Crippen LogP contribution in [0.25, 0.3) is 6.08 Å². The van der Waals surface area contributed by atoms with E-state index in [1.54, 1.807) is 19.1 Å². The van der Waals surface area contributed by atoms with Gasteiger partial charge >= 0.3 is 5.97 Å². The number of benzene rings is 1. The first-order valence-corrected chi connectivity index (χ1v) is 9.58. The van der Waals surface area contributed by atoms with Crippen molar-refractivity contribution in [2.24, 2.45) is 5.92 Å². The van der Waals surface area contributed by atoms with E-state index in [0.29, 0.717) is 19.1 Å². The van der Waals surface area contributed by atoms with Crippen LogP contribution in [0.15, 0.2) is 43.0 Å². The van der Waals surface area contributed by atoms with E-state index in [4.69, 9.17) is 9.47 Å². The molecule has 1 saturated carbocycles. The number of hydrogen-bond donors (Lipinski definition) is 1. The fraction of sp³-hybridized carbons (Fsp3) is 0.455. The highest BCUT2D eigenvalue weighted by molar-refractivity contribution is 5.90. The van der Waals surface area contributed by atoms with Crippen molar-refractivity contribution in [3.8, 4) is 5.75 Å². The molecule has 0 heterocycles. The van der Waals surface area contributed by atoms with Crippen LogP contribution >= 0.6 is 0 Å². The molecule has 0 aromatic heterocycles. The Kier molecular flexibility index (Phi) is 8.62. The van der Waals surface area contributed by atoms with Gasteiger partial charge in [-0.05, 0) is 49.5 Å². The van der Waals surface area contributed by atoms with Gasteiger partial charge < -0.3 is 14.8 Å². The third kappa shape index (κ3) is 7.69. The second-order valence-corrected chi connectivity index (χ2v) is 6.83. The van der Waals surface area contributed by atoms with Gasteiger partial charge in [0.15, 0.2) is 6.10 Å². The normalized spacial score (nSPS) is 15.9. The van der Waals surface area contributed by atoms with Crippen molar-refractivity contribution in [2.75, 3.05) is 13.2 Å². The van der Waals surface area contributed by atoms with E-state index in [1.165, 1.54) is 25.3 Å². The summed E-state index contributed by atoms with van der Waals surface area (Å²) in [4.78, 5) is 24.0. The summed E-state index contributed by atoms with van der Waals surface area (Å²) >= 11 is 0. The molecule has 1 aromatic rings. The van der Waals surface area contributed by atoms with Gasteiger partial charge in [0.2, 0.25) is 0 Å². The van der Waals surface area contributed by atoms with Crippen molar-refractivity contribution in [2.45, 2.75) is 45.1 Å². The third-order valence-electron chi connectivity index (χ3n) is 4.61. The Bertz CT molecular complexity index is 645. The molecule has 1 N–H and O–H groups in total. The Hall–Kier alpha value is -2.56. The number of rotatable bonds is 9. The smallest absolute Gasteiger partial charge is 0.331 e. The maximum absolute atomic E-state index is 12.1. The number of carbonyl (C=O) groups excluding carboxylic acids is 2. The Morgan fingerprint density at radius 2 is 1.93 bits per heavy atom. The van der Waals surface area contributed by atoms with Gasteiger partial charge in [0.25, 0.3) is 5.91 Å². The van der Waals surface area contributed by atoms with Crippen LogP contribution in [0.2, 0.25) is 0 Å². The number of carbonyl (C=O) groups is 2. The topological polar surface area (TPSA) is 64.6 Å². The maximum atomic E-state index is 12.1. The predicted molar refractivity (Wildman–Crippen MR) is 106 cm³/mol. The number of amides is 1. The summed E-state index contributed by atoms with van der Waals surface area (Å²) in [6.45, 7) is 6.30. The molecule has 5 heteroatoms. The Labute approximate surface area is 161 Å². The molecule has 1 aliphatic carbocycles. The highest BCUT2D eigenvalue weighted by Gasteiger charge is 2.19. The van der Waals surface area contributed by atoms with E-state index in [9.17, 15) is 9.59 Å². The number of nitrogens with one attached hydrogen (secondary N) is 1. The van der Waals surface area contributed by atoms with E-state index in [1.807, 2.05) is 24.3 Å². The molecule has 0 radical (unpaired) electrons. The van der Waals surface area contributed by atoms with Crippen molar-refractivity contribution in [1.29, 1.82) is 0 Å². The van der Waals surface area contributed by atoms with Gasteiger partial charge in [-0.15, -0.1) is 0 Å². The largest absolute Gasteiger partial charge is 0.490 e. The van der Waals surface area contributed by atoms with Crippen molar-refractivity contribution < 1.29 is 19.1 Å². The van der Waals surface area contributed by atoms with Gasteiger partial charge in [-0.2, -0.15) is 0 Å². The third-order valence-corrected chi connectivity index (χ3v) is 4.61. The summed E-state index contributed by atoms with van der Waals surface area (Å²) in [5, 5.41) is 2.89. The van der Waals surface area contributed by atoms with Crippen LogP contribution in [0.3, 0.4) is 0 Å². The summed E-state index contributed by atoms with van der Waals surface area (Å²) in [5.41, 5.74) is 0.840. The second kappa shape index (κ2) is 11.2. The quantitative estimate of drug-likeness (QED) is 0.406. The highest BCUT2D eigenvalue weighted by atomic mass is 16.5. The minimum atomic E-state index is -0.805. The summed E-state index contributed by atoms with van der Waals surface area (Å²) < 4.78 is 10.6. The molecule has 1 fully saturated rings. The summed E-state index contributed by atoms with van der Waals surface area (Å²) in [6.07, 6.45) is 9.92. The van der Waals surface area contributed by atoms with E-state index < -0.39 is 12.1 Å². The molecule has 0 spiro atoms. The maximum Gasteiger partial charge on any atom is 0.331 e. The first-order valence-electron chi connectivity index (χ1n) is 9.58. The van der Waals surface area contributed by atoms with Gasteiger partial charge in [0.05, 0.1) is 0 Å². The molecule has 146 valence electrons. The average molecular weight is 371 g/mol. The van der Waals surface area contributed by atoms with E-state index in [0.717, 1.165) is 24.2 Å². The number of esters is 1. The summed E-state index contributed by atoms with van der Waals surface area (Å²) in [6, 6.07) is 7.30. The first-order chi connectivity index (χ1) is 13.1. The van der Waals surface area contributed by atoms with Crippen molar-refractivity contribution in [3.63, 3.8) is 0 Å².